The van der Waals surface area contributed by atoms with Gasteiger partial charge in [0, 0.05) is 22.8 Å². The van der Waals surface area contributed by atoms with Crippen molar-refractivity contribution in [3.05, 3.63) is 40.0 Å². The van der Waals surface area contributed by atoms with Crippen LogP contribution in [0.2, 0.25) is 10.0 Å². The maximum absolute atomic E-state index is 5.97. The van der Waals surface area contributed by atoms with Gasteiger partial charge >= 0.3 is 0 Å². The number of hydrogen-bond donors (Lipinski definition) is 1. The van der Waals surface area contributed by atoms with Crippen molar-refractivity contribution in [3.63, 3.8) is 0 Å². The van der Waals surface area contributed by atoms with E-state index < -0.39 is 0 Å². The fourth-order valence-electron chi connectivity index (χ4n) is 1.38. The Bertz CT molecular complexity index is 540. The Hall–Kier alpha value is -1.39. The Labute approximate surface area is 109 Å². The van der Waals surface area contributed by atoms with Crippen molar-refractivity contribution in [2.75, 3.05) is 5.73 Å². The molecule has 4 nitrogen and oxygen atoms in total. The predicted molar refractivity (Wildman–Crippen MR) is 68.5 cm³/mol. The van der Waals surface area contributed by atoms with Crippen LogP contribution >= 0.6 is 23.2 Å². The van der Waals surface area contributed by atoms with Gasteiger partial charge in [-0.15, -0.1) is 0 Å². The molecule has 0 amide bonds. The largest absolute Gasteiger partial charge is 0.470 e. The van der Waals surface area contributed by atoms with E-state index in [2.05, 4.69) is 5.10 Å². The fraction of sp³-hybridized carbons (Fsp3) is 0.182. The summed E-state index contributed by atoms with van der Waals surface area (Å²) in [7, 11) is 0. The van der Waals surface area contributed by atoms with Crippen LogP contribution in [0, 0.1) is 6.92 Å². The SMILES string of the molecule is Cc1cc(N)nn1COc1cc(Cl)ccc1Cl. The molecule has 2 N–H and O–H groups in total. The summed E-state index contributed by atoms with van der Waals surface area (Å²) in [5.41, 5.74) is 6.49. The van der Waals surface area contributed by atoms with Crippen molar-refractivity contribution < 1.29 is 4.74 Å². The molecule has 1 aromatic heterocycles. The van der Waals surface area contributed by atoms with Gasteiger partial charge in [-0.3, -0.25) is 0 Å². The molecule has 6 heteroatoms. The molecule has 0 radical (unpaired) electrons. The smallest absolute Gasteiger partial charge is 0.181 e. The summed E-state index contributed by atoms with van der Waals surface area (Å²) in [4.78, 5) is 0. The van der Waals surface area contributed by atoms with Crippen molar-refractivity contribution in [2.45, 2.75) is 13.7 Å². The third-order valence-corrected chi connectivity index (χ3v) is 2.78. The van der Waals surface area contributed by atoms with Crippen LogP contribution in [-0.4, -0.2) is 9.78 Å². The Kier molecular flexibility index (Phi) is 3.45. The molecule has 1 aromatic carbocycles. The minimum Gasteiger partial charge on any atom is -0.470 e. The molecule has 0 aliphatic heterocycles. The number of anilines is 1. The zero-order chi connectivity index (χ0) is 12.4. The van der Waals surface area contributed by atoms with E-state index >= 15 is 0 Å². The molecule has 0 saturated heterocycles. The number of nitrogen functional groups attached to an aromatic ring is 1. The molecule has 0 saturated carbocycles. The summed E-state index contributed by atoms with van der Waals surface area (Å²) >= 11 is 11.8. The first-order valence-corrected chi connectivity index (χ1v) is 5.69. The van der Waals surface area contributed by atoms with Crippen molar-refractivity contribution in [2.24, 2.45) is 0 Å². The molecular formula is C11H11Cl2N3O. The number of nitrogens with zero attached hydrogens (tertiary/aromatic N) is 2. The van der Waals surface area contributed by atoms with Gasteiger partial charge in [-0.2, -0.15) is 5.10 Å². The minimum absolute atomic E-state index is 0.239. The van der Waals surface area contributed by atoms with Gasteiger partial charge in [0.15, 0.2) is 6.73 Å². The Morgan fingerprint density at radius 3 is 2.76 bits per heavy atom. The van der Waals surface area contributed by atoms with Gasteiger partial charge in [-0.25, -0.2) is 4.68 Å². The maximum Gasteiger partial charge on any atom is 0.181 e. The summed E-state index contributed by atoms with van der Waals surface area (Å²) in [5.74, 6) is 0.982. The number of rotatable bonds is 3. The molecule has 0 atom stereocenters. The zero-order valence-corrected chi connectivity index (χ0v) is 10.7. The Balaban J connectivity index is 2.12. The third kappa shape index (κ3) is 2.84. The van der Waals surface area contributed by atoms with Crippen LogP contribution in [0.15, 0.2) is 24.3 Å². The molecule has 2 rings (SSSR count). The monoisotopic (exact) mass is 271 g/mol. The lowest BCUT2D eigenvalue weighted by molar-refractivity contribution is 0.219. The number of aromatic nitrogens is 2. The predicted octanol–water partition coefficient (Wildman–Crippen LogP) is 3.12. The highest BCUT2D eigenvalue weighted by Gasteiger charge is 2.05. The molecule has 90 valence electrons. The van der Waals surface area contributed by atoms with E-state index in [0.29, 0.717) is 21.6 Å². The summed E-state index contributed by atoms with van der Waals surface area (Å²) in [6, 6.07) is 6.81. The van der Waals surface area contributed by atoms with Gasteiger partial charge in [0.05, 0.1) is 5.02 Å². The topological polar surface area (TPSA) is 53.1 Å². The second-order valence-electron chi connectivity index (χ2n) is 3.56. The second kappa shape index (κ2) is 4.85. The number of aryl methyl sites for hydroxylation is 1. The fourth-order valence-corrected chi connectivity index (χ4v) is 1.72. The first-order valence-electron chi connectivity index (χ1n) is 4.94. The number of ether oxygens (including phenoxy) is 1. The van der Waals surface area contributed by atoms with Crippen LogP contribution in [-0.2, 0) is 6.73 Å². The maximum atomic E-state index is 5.97. The molecule has 0 fully saturated rings. The van der Waals surface area contributed by atoms with Crippen LogP contribution in [0.25, 0.3) is 0 Å². The second-order valence-corrected chi connectivity index (χ2v) is 4.40. The summed E-state index contributed by atoms with van der Waals surface area (Å²) in [5, 5.41) is 5.15. The first-order chi connectivity index (χ1) is 8.06. The minimum atomic E-state index is 0.239. The van der Waals surface area contributed by atoms with E-state index in [1.807, 2.05) is 6.92 Å². The molecule has 0 spiro atoms. The van der Waals surface area contributed by atoms with Gasteiger partial charge in [0.2, 0.25) is 0 Å². The normalized spacial score (nSPS) is 10.5. The number of benzene rings is 1. The zero-order valence-electron chi connectivity index (χ0n) is 9.15. The molecule has 1 heterocycles. The van der Waals surface area contributed by atoms with Gasteiger partial charge in [0.1, 0.15) is 11.6 Å². The van der Waals surface area contributed by atoms with Crippen molar-refractivity contribution in [1.29, 1.82) is 0 Å². The van der Waals surface area contributed by atoms with E-state index in [9.17, 15) is 0 Å². The average Bonchev–Trinajstić information content (AvgIpc) is 2.59. The third-order valence-electron chi connectivity index (χ3n) is 2.24. The van der Waals surface area contributed by atoms with Gasteiger partial charge in [-0.1, -0.05) is 23.2 Å². The number of nitrogens with two attached hydrogens (primary N) is 1. The van der Waals surface area contributed by atoms with Crippen molar-refractivity contribution in [1.82, 2.24) is 9.78 Å². The first kappa shape index (κ1) is 12.1. The molecule has 17 heavy (non-hydrogen) atoms. The lowest BCUT2D eigenvalue weighted by Crippen LogP contribution is -2.09. The molecule has 0 unspecified atom stereocenters. The number of halogens is 2. The molecule has 0 bridgehead atoms. The highest BCUT2D eigenvalue weighted by Crippen LogP contribution is 2.27. The average molecular weight is 272 g/mol. The summed E-state index contributed by atoms with van der Waals surface area (Å²) in [6.07, 6.45) is 0. The highest BCUT2D eigenvalue weighted by molar-refractivity contribution is 6.34. The van der Waals surface area contributed by atoms with Gasteiger partial charge in [0.25, 0.3) is 0 Å². The summed E-state index contributed by atoms with van der Waals surface area (Å²) in [6.45, 7) is 2.13. The molecule has 0 aliphatic rings. The van der Waals surface area contributed by atoms with Crippen molar-refractivity contribution >= 4 is 29.0 Å². The lowest BCUT2D eigenvalue weighted by Gasteiger charge is -2.09. The summed E-state index contributed by atoms with van der Waals surface area (Å²) < 4.78 is 7.17. The van der Waals surface area contributed by atoms with Gasteiger partial charge < -0.3 is 10.5 Å². The van der Waals surface area contributed by atoms with Crippen molar-refractivity contribution in [3.8, 4) is 5.75 Å². The Morgan fingerprint density at radius 2 is 2.12 bits per heavy atom. The van der Waals surface area contributed by atoms with E-state index in [4.69, 9.17) is 33.7 Å². The highest BCUT2D eigenvalue weighted by atomic mass is 35.5. The van der Waals surface area contributed by atoms with Gasteiger partial charge in [-0.05, 0) is 19.1 Å². The van der Waals surface area contributed by atoms with Crippen LogP contribution in [0.1, 0.15) is 5.69 Å². The number of hydrogen-bond acceptors (Lipinski definition) is 3. The van der Waals surface area contributed by atoms with Crippen LogP contribution < -0.4 is 10.5 Å². The molecule has 2 aromatic rings. The van der Waals surface area contributed by atoms with E-state index in [1.54, 1.807) is 28.9 Å². The van der Waals surface area contributed by atoms with Crippen LogP contribution in [0.5, 0.6) is 5.75 Å². The standard InChI is InChI=1S/C11H11Cl2N3O/c1-7-4-11(14)15-16(7)6-17-10-5-8(12)2-3-9(10)13/h2-5H,6H2,1H3,(H2,14,15). The van der Waals surface area contributed by atoms with E-state index in [-0.39, 0.29) is 6.73 Å². The molecular weight excluding hydrogens is 261 g/mol. The van der Waals surface area contributed by atoms with Crippen LogP contribution in [0.4, 0.5) is 5.82 Å². The van der Waals surface area contributed by atoms with E-state index in [1.165, 1.54) is 0 Å². The van der Waals surface area contributed by atoms with Crippen LogP contribution in [0.3, 0.4) is 0 Å². The lowest BCUT2D eigenvalue weighted by atomic mass is 10.3. The molecule has 0 aliphatic carbocycles. The van der Waals surface area contributed by atoms with E-state index in [0.717, 1.165) is 5.69 Å². The Morgan fingerprint density at radius 1 is 1.35 bits per heavy atom. The quantitative estimate of drug-likeness (QED) is 0.933.